The lowest BCUT2D eigenvalue weighted by Crippen LogP contribution is -2.45. The molecular weight excluding hydrogens is 486 g/mol. The Labute approximate surface area is 216 Å². The normalized spacial score (nSPS) is 14.2. The predicted octanol–water partition coefficient (Wildman–Crippen LogP) is 3.93. The summed E-state index contributed by atoms with van der Waals surface area (Å²) >= 11 is 0. The van der Waals surface area contributed by atoms with Crippen molar-refractivity contribution in [1.29, 1.82) is 0 Å². The van der Waals surface area contributed by atoms with E-state index in [0.717, 1.165) is 32.7 Å². The molecule has 1 aromatic heterocycles. The fraction of sp³-hybridized carbons (Fsp3) is 0.333. The van der Waals surface area contributed by atoms with Gasteiger partial charge in [-0.05, 0) is 42.9 Å². The van der Waals surface area contributed by atoms with Crippen molar-refractivity contribution in [3.63, 3.8) is 0 Å². The van der Waals surface area contributed by atoms with Gasteiger partial charge >= 0.3 is 0 Å². The van der Waals surface area contributed by atoms with Crippen molar-refractivity contribution in [2.24, 2.45) is 0 Å². The van der Waals surface area contributed by atoms with Gasteiger partial charge in [0.05, 0.1) is 6.42 Å². The van der Waals surface area contributed by atoms with Crippen LogP contribution >= 0.6 is 12.4 Å². The summed E-state index contributed by atoms with van der Waals surface area (Å²) in [5.74, 6) is -0.449. The standard InChI is InChI=1S/C27H30F2N4O2.ClH/c1-32-9-11-33(12-10-32)13-14-35-24-7-8-25(26(29)17-24)21-5-6-23(30-19-21)16-27(34)31-18-20-3-2-4-22(28)15-20;/h2-8,15,17,19H,9-14,16,18H2,1H3,(H,31,34);1H. The first-order valence-corrected chi connectivity index (χ1v) is 11.8. The van der Waals surface area contributed by atoms with Gasteiger partial charge in [-0.25, -0.2) is 8.78 Å². The monoisotopic (exact) mass is 516 g/mol. The third-order valence-corrected chi connectivity index (χ3v) is 6.07. The molecule has 0 bridgehead atoms. The van der Waals surface area contributed by atoms with E-state index in [1.54, 1.807) is 42.6 Å². The second-order valence-electron chi connectivity index (χ2n) is 8.76. The van der Waals surface area contributed by atoms with Crippen LogP contribution in [0.5, 0.6) is 5.75 Å². The van der Waals surface area contributed by atoms with Crippen molar-refractivity contribution in [2.75, 3.05) is 46.4 Å². The van der Waals surface area contributed by atoms with Crippen molar-refractivity contribution in [3.05, 3.63) is 83.7 Å². The number of piperazine rings is 1. The molecule has 0 aliphatic carbocycles. The number of hydrogen-bond donors (Lipinski definition) is 1. The molecule has 1 aliphatic heterocycles. The molecule has 1 fully saturated rings. The summed E-state index contributed by atoms with van der Waals surface area (Å²) in [7, 11) is 2.12. The van der Waals surface area contributed by atoms with Crippen molar-refractivity contribution in [3.8, 4) is 16.9 Å². The molecule has 6 nitrogen and oxygen atoms in total. The van der Waals surface area contributed by atoms with E-state index >= 15 is 0 Å². The van der Waals surface area contributed by atoms with Crippen LogP contribution in [0.3, 0.4) is 0 Å². The molecule has 1 N–H and O–H groups in total. The average molecular weight is 517 g/mol. The third kappa shape index (κ3) is 7.98. The zero-order valence-electron chi connectivity index (χ0n) is 20.3. The Morgan fingerprint density at radius 2 is 1.86 bits per heavy atom. The first-order chi connectivity index (χ1) is 17.0. The summed E-state index contributed by atoms with van der Waals surface area (Å²) in [5.41, 5.74) is 2.29. The number of pyridine rings is 1. The van der Waals surface area contributed by atoms with Gasteiger partial charge in [-0.2, -0.15) is 0 Å². The molecule has 0 saturated carbocycles. The Kier molecular flexibility index (Phi) is 10.2. The SMILES string of the molecule is CN1CCN(CCOc2ccc(-c3ccc(CC(=O)NCc4cccc(F)c4)nc3)c(F)c2)CC1.Cl. The average Bonchev–Trinajstić information content (AvgIpc) is 2.85. The van der Waals surface area contributed by atoms with Crippen LogP contribution < -0.4 is 10.1 Å². The maximum absolute atomic E-state index is 14.7. The van der Waals surface area contributed by atoms with Crippen molar-refractivity contribution in [1.82, 2.24) is 20.1 Å². The molecule has 2 heterocycles. The number of aromatic nitrogens is 1. The van der Waals surface area contributed by atoms with Crippen LogP contribution in [-0.4, -0.2) is 67.1 Å². The minimum Gasteiger partial charge on any atom is -0.492 e. The number of halogens is 3. The van der Waals surface area contributed by atoms with E-state index in [1.165, 1.54) is 18.2 Å². The number of hydrogen-bond acceptors (Lipinski definition) is 5. The molecule has 2 aromatic carbocycles. The van der Waals surface area contributed by atoms with E-state index in [-0.39, 0.29) is 42.9 Å². The smallest absolute Gasteiger partial charge is 0.226 e. The second kappa shape index (κ2) is 13.3. The molecular formula is C27H31ClF2N4O2. The van der Waals surface area contributed by atoms with E-state index in [2.05, 4.69) is 27.1 Å². The minimum atomic E-state index is -0.385. The van der Waals surface area contributed by atoms with Crippen LogP contribution in [0.15, 0.2) is 60.8 Å². The molecule has 0 spiro atoms. The topological polar surface area (TPSA) is 57.7 Å². The largest absolute Gasteiger partial charge is 0.492 e. The van der Waals surface area contributed by atoms with Gasteiger partial charge in [0.1, 0.15) is 24.0 Å². The highest BCUT2D eigenvalue weighted by Gasteiger charge is 2.14. The van der Waals surface area contributed by atoms with Crippen molar-refractivity contribution in [2.45, 2.75) is 13.0 Å². The lowest BCUT2D eigenvalue weighted by molar-refractivity contribution is -0.120. The Balaban J connectivity index is 0.00000361. The Hall–Kier alpha value is -3.07. The number of amides is 1. The second-order valence-corrected chi connectivity index (χ2v) is 8.76. The van der Waals surface area contributed by atoms with E-state index in [4.69, 9.17) is 4.74 Å². The van der Waals surface area contributed by atoms with Crippen LogP contribution in [0.2, 0.25) is 0 Å². The van der Waals surface area contributed by atoms with Gasteiger partial charge in [0.2, 0.25) is 5.91 Å². The van der Waals surface area contributed by atoms with Crippen LogP contribution in [0.1, 0.15) is 11.3 Å². The minimum absolute atomic E-state index is 0. The van der Waals surface area contributed by atoms with Crippen LogP contribution in [-0.2, 0) is 17.8 Å². The van der Waals surface area contributed by atoms with E-state index in [1.807, 2.05) is 0 Å². The highest BCUT2D eigenvalue weighted by Crippen LogP contribution is 2.26. The molecule has 1 aliphatic rings. The van der Waals surface area contributed by atoms with E-state index in [9.17, 15) is 13.6 Å². The molecule has 3 aromatic rings. The van der Waals surface area contributed by atoms with Gasteiger partial charge in [0.25, 0.3) is 0 Å². The first-order valence-electron chi connectivity index (χ1n) is 11.8. The van der Waals surface area contributed by atoms with Gasteiger partial charge in [0, 0.05) is 68.4 Å². The number of rotatable bonds is 9. The maximum Gasteiger partial charge on any atom is 0.226 e. The number of nitrogens with one attached hydrogen (secondary N) is 1. The zero-order valence-corrected chi connectivity index (χ0v) is 21.1. The summed E-state index contributed by atoms with van der Waals surface area (Å²) < 4.78 is 33.7. The highest BCUT2D eigenvalue weighted by atomic mass is 35.5. The fourth-order valence-electron chi connectivity index (χ4n) is 3.95. The molecule has 36 heavy (non-hydrogen) atoms. The zero-order chi connectivity index (χ0) is 24.6. The Bertz CT molecular complexity index is 1140. The van der Waals surface area contributed by atoms with Gasteiger partial charge in [-0.15, -0.1) is 12.4 Å². The summed E-state index contributed by atoms with van der Waals surface area (Å²) in [6.07, 6.45) is 1.64. The van der Waals surface area contributed by atoms with Crippen molar-refractivity contribution < 1.29 is 18.3 Å². The highest BCUT2D eigenvalue weighted by molar-refractivity contribution is 5.85. The fourth-order valence-corrected chi connectivity index (χ4v) is 3.95. The van der Waals surface area contributed by atoms with Gasteiger partial charge in [-0.3, -0.25) is 14.7 Å². The van der Waals surface area contributed by atoms with Gasteiger partial charge in [0.15, 0.2) is 0 Å². The Morgan fingerprint density at radius 3 is 2.56 bits per heavy atom. The Morgan fingerprint density at radius 1 is 1.06 bits per heavy atom. The molecule has 1 saturated heterocycles. The number of nitrogens with zero attached hydrogens (tertiary/aromatic N) is 3. The van der Waals surface area contributed by atoms with Gasteiger partial charge < -0.3 is 15.0 Å². The lowest BCUT2D eigenvalue weighted by Gasteiger charge is -2.32. The lowest BCUT2D eigenvalue weighted by atomic mass is 10.1. The van der Waals surface area contributed by atoms with Crippen LogP contribution in [0.25, 0.3) is 11.1 Å². The number of carbonyl (C=O) groups excluding carboxylic acids is 1. The van der Waals surface area contributed by atoms with E-state index < -0.39 is 0 Å². The first kappa shape index (κ1) is 27.5. The molecule has 0 radical (unpaired) electrons. The summed E-state index contributed by atoms with van der Waals surface area (Å²) in [6.45, 7) is 5.71. The molecule has 192 valence electrons. The number of benzene rings is 2. The molecule has 1 amide bonds. The number of likely N-dealkylation sites (N-methyl/N-ethyl adjacent to an activating group) is 1. The summed E-state index contributed by atoms with van der Waals surface area (Å²) in [5, 5.41) is 2.75. The molecule has 9 heteroatoms. The molecule has 4 rings (SSSR count). The molecule has 0 unspecified atom stereocenters. The number of carbonyl (C=O) groups is 1. The quantitative estimate of drug-likeness (QED) is 0.467. The maximum atomic E-state index is 14.7. The predicted molar refractivity (Wildman–Crippen MR) is 138 cm³/mol. The van der Waals surface area contributed by atoms with E-state index in [0.29, 0.717) is 34.7 Å². The number of ether oxygens (including phenoxy) is 1. The van der Waals surface area contributed by atoms with Crippen LogP contribution in [0.4, 0.5) is 8.78 Å². The summed E-state index contributed by atoms with van der Waals surface area (Å²) in [4.78, 5) is 21.2. The summed E-state index contributed by atoms with van der Waals surface area (Å²) in [6, 6.07) is 14.4. The third-order valence-electron chi connectivity index (χ3n) is 6.07. The van der Waals surface area contributed by atoms with Gasteiger partial charge in [-0.1, -0.05) is 18.2 Å². The van der Waals surface area contributed by atoms with Crippen LogP contribution in [0, 0.1) is 11.6 Å². The molecule has 0 atom stereocenters. The van der Waals surface area contributed by atoms with Crippen molar-refractivity contribution >= 4 is 18.3 Å².